The molecular formula is C28H31N3O6. The van der Waals surface area contributed by atoms with Crippen LogP contribution < -0.4 is 14.2 Å². The minimum Gasteiger partial charge on any atom is -0.482 e. The first-order valence-corrected chi connectivity index (χ1v) is 12.2. The van der Waals surface area contributed by atoms with Crippen molar-refractivity contribution in [1.29, 1.82) is 5.26 Å². The van der Waals surface area contributed by atoms with Crippen LogP contribution >= 0.6 is 0 Å². The van der Waals surface area contributed by atoms with Gasteiger partial charge in [-0.1, -0.05) is 42.5 Å². The Labute approximate surface area is 216 Å². The van der Waals surface area contributed by atoms with Crippen molar-refractivity contribution < 1.29 is 29.3 Å². The molecule has 1 fully saturated rings. The Morgan fingerprint density at radius 2 is 1.97 bits per heavy atom. The van der Waals surface area contributed by atoms with E-state index in [9.17, 15) is 15.5 Å². The van der Waals surface area contributed by atoms with Gasteiger partial charge in [-0.05, 0) is 18.1 Å². The minimum absolute atomic E-state index is 0.123. The van der Waals surface area contributed by atoms with Crippen LogP contribution in [0.4, 0.5) is 0 Å². The van der Waals surface area contributed by atoms with Gasteiger partial charge >= 0.3 is 0 Å². The van der Waals surface area contributed by atoms with Crippen LogP contribution in [0, 0.1) is 23.2 Å². The highest BCUT2D eigenvalue weighted by molar-refractivity contribution is 5.59. The van der Waals surface area contributed by atoms with Gasteiger partial charge in [0.05, 0.1) is 39.1 Å². The van der Waals surface area contributed by atoms with E-state index in [4.69, 9.17) is 19.0 Å². The van der Waals surface area contributed by atoms with E-state index in [0.717, 1.165) is 5.56 Å². The first kappa shape index (κ1) is 25.2. The predicted octanol–water partition coefficient (Wildman–Crippen LogP) is 2.71. The molecule has 0 bridgehead atoms. The fraction of sp³-hybridized carbons (Fsp3) is 0.429. The summed E-state index contributed by atoms with van der Waals surface area (Å²) < 4.78 is 17.9. The molecule has 2 heterocycles. The molecule has 6 atom stereocenters. The van der Waals surface area contributed by atoms with E-state index in [-0.39, 0.29) is 17.3 Å². The van der Waals surface area contributed by atoms with Crippen LogP contribution in [0.1, 0.15) is 23.5 Å². The van der Waals surface area contributed by atoms with Crippen LogP contribution in [0.15, 0.2) is 60.2 Å². The largest absolute Gasteiger partial charge is 0.482 e. The van der Waals surface area contributed by atoms with Crippen molar-refractivity contribution in [2.24, 2.45) is 11.8 Å². The van der Waals surface area contributed by atoms with Crippen molar-refractivity contribution >= 4 is 0 Å². The molecule has 5 rings (SSSR count). The third kappa shape index (κ3) is 3.55. The lowest BCUT2D eigenvalue weighted by Gasteiger charge is -2.45. The Hall–Kier alpha value is -3.42. The highest BCUT2D eigenvalue weighted by atomic mass is 16.7. The Bertz CT molecular complexity index is 1270. The van der Waals surface area contributed by atoms with Gasteiger partial charge in [0.25, 0.3) is 0 Å². The van der Waals surface area contributed by atoms with Crippen LogP contribution in [-0.2, 0) is 10.4 Å². The number of hydrogen-bond acceptors (Lipinski definition) is 9. The van der Waals surface area contributed by atoms with E-state index in [1.807, 2.05) is 42.5 Å². The first-order chi connectivity index (χ1) is 17.8. The second kappa shape index (κ2) is 9.47. The molecule has 9 heteroatoms. The molecule has 194 valence electrons. The summed E-state index contributed by atoms with van der Waals surface area (Å²) in [4.78, 5) is 9.86. The molecule has 1 aromatic heterocycles. The summed E-state index contributed by atoms with van der Waals surface area (Å²) in [6.45, 7) is 0.321. The number of rotatable bonds is 7. The molecule has 1 aliphatic heterocycles. The molecule has 3 aliphatic rings. The van der Waals surface area contributed by atoms with Crippen LogP contribution in [0.2, 0.25) is 0 Å². The third-order valence-corrected chi connectivity index (χ3v) is 8.03. The lowest BCUT2D eigenvalue weighted by atomic mass is 9.65. The molecule has 9 nitrogen and oxygen atoms in total. The summed E-state index contributed by atoms with van der Waals surface area (Å²) in [6.07, 6.45) is 4.65. The molecule has 2 N–H and O–H groups in total. The number of hydroxylamine groups is 2. The van der Waals surface area contributed by atoms with Crippen LogP contribution in [0.5, 0.6) is 17.5 Å². The van der Waals surface area contributed by atoms with E-state index in [1.54, 1.807) is 31.4 Å². The van der Waals surface area contributed by atoms with Crippen molar-refractivity contribution in [2.75, 3.05) is 34.9 Å². The van der Waals surface area contributed by atoms with Crippen molar-refractivity contribution in [1.82, 2.24) is 10.0 Å². The zero-order chi connectivity index (χ0) is 26.4. The predicted molar refractivity (Wildman–Crippen MR) is 134 cm³/mol. The standard InChI is InChI=1S/C28H31N3O6/c1-31(36-4)16-20-23(18-8-6-5-7-9-18)28(19-12-10-17(15-29)11-13-19)27(33,25(20)32)24-21(37-28)14-22(34-2)30-26(24)35-3/h5-12,14,19-20,23,25,32-33H,13,16H2,1-4H3/t19?,20-,23+,25+,27-,28-/m0/s1. The van der Waals surface area contributed by atoms with Crippen LogP contribution in [0.25, 0.3) is 0 Å². The normalized spacial score (nSPS) is 31.8. The van der Waals surface area contributed by atoms with Crippen LogP contribution in [0.3, 0.4) is 0 Å². The van der Waals surface area contributed by atoms with Crippen molar-refractivity contribution in [2.45, 2.75) is 29.6 Å². The van der Waals surface area contributed by atoms with Gasteiger partial charge in [0.2, 0.25) is 11.8 Å². The van der Waals surface area contributed by atoms with Gasteiger partial charge in [-0.15, -0.1) is 0 Å². The van der Waals surface area contributed by atoms with Crippen molar-refractivity contribution in [3.63, 3.8) is 0 Å². The van der Waals surface area contributed by atoms with Gasteiger partial charge in [-0.25, -0.2) is 0 Å². The van der Waals surface area contributed by atoms with E-state index < -0.39 is 35.1 Å². The summed E-state index contributed by atoms with van der Waals surface area (Å²) in [5.41, 5.74) is -1.53. The molecule has 0 amide bonds. The number of aromatic nitrogens is 1. The summed E-state index contributed by atoms with van der Waals surface area (Å²) in [5, 5.41) is 36.0. The van der Waals surface area contributed by atoms with Crippen LogP contribution in [-0.4, -0.2) is 66.9 Å². The Morgan fingerprint density at radius 1 is 1.22 bits per heavy atom. The highest BCUT2D eigenvalue weighted by Gasteiger charge is 2.78. The molecule has 2 aliphatic carbocycles. The number of pyridine rings is 1. The van der Waals surface area contributed by atoms with E-state index in [1.165, 1.54) is 14.2 Å². The number of nitrogens with zero attached hydrogens (tertiary/aromatic N) is 3. The maximum atomic E-state index is 12.8. The number of benzene rings is 1. The Morgan fingerprint density at radius 3 is 2.57 bits per heavy atom. The van der Waals surface area contributed by atoms with E-state index in [0.29, 0.717) is 24.3 Å². The van der Waals surface area contributed by atoms with Crippen molar-refractivity contribution in [3.05, 3.63) is 71.3 Å². The number of fused-ring (bicyclic) bond motifs is 3. The molecule has 0 spiro atoms. The number of hydrogen-bond donors (Lipinski definition) is 2. The average Bonchev–Trinajstić information content (AvgIpc) is 3.31. The number of methoxy groups -OCH3 is 2. The second-order valence-electron chi connectivity index (χ2n) is 9.67. The Kier molecular flexibility index (Phi) is 6.46. The van der Waals surface area contributed by atoms with E-state index >= 15 is 0 Å². The molecule has 1 unspecified atom stereocenters. The SMILES string of the molecule is COc1cc2c(c(OC)n1)[C@]1(O)[C@H](O)[C@@H](CN(C)OC)[C@@H](c3ccccc3)[C@]1(C1C=CC(C#N)=CC1)O2. The molecule has 2 aromatic rings. The van der Waals surface area contributed by atoms with E-state index in [2.05, 4.69) is 11.1 Å². The molecular weight excluding hydrogens is 474 g/mol. The molecule has 0 radical (unpaired) electrons. The average molecular weight is 506 g/mol. The first-order valence-electron chi connectivity index (χ1n) is 12.2. The number of aliphatic hydroxyl groups excluding tert-OH is 1. The highest BCUT2D eigenvalue weighted by Crippen LogP contribution is 2.69. The fourth-order valence-corrected chi connectivity index (χ4v) is 6.45. The lowest BCUT2D eigenvalue weighted by molar-refractivity contribution is -0.166. The summed E-state index contributed by atoms with van der Waals surface area (Å²) >= 11 is 0. The second-order valence-corrected chi connectivity index (χ2v) is 9.67. The molecule has 37 heavy (non-hydrogen) atoms. The van der Waals surface area contributed by atoms with Gasteiger partial charge in [0.1, 0.15) is 5.75 Å². The number of aliphatic hydroxyl groups is 2. The quantitative estimate of drug-likeness (QED) is 0.548. The Balaban J connectivity index is 1.80. The number of nitriles is 1. The maximum Gasteiger partial charge on any atom is 0.226 e. The number of allylic oxidation sites excluding steroid dienone is 3. The fourth-order valence-electron chi connectivity index (χ4n) is 6.45. The van der Waals surface area contributed by atoms with Gasteiger partial charge < -0.3 is 29.3 Å². The monoisotopic (exact) mass is 505 g/mol. The van der Waals surface area contributed by atoms with Gasteiger partial charge in [-0.2, -0.15) is 15.3 Å². The summed E-state index contributed by atoms with van der Waals surface area (Å²) in [6, 6.07) is 13.5. The minimum atomic E-state index is -1.90. The zero-order valence-corrected chi connectivity index (χ0v) is 21.3. The van der Waals surface area contributed by atoms with Crippen molar-refractivity contribution in [3.8, 4) is 23.6 Å². The van der Waals surface area contributed by atoms with Gasteiger partial charge in [0, 0.05) is 43.0 Å². The summed E-state index contributed by atoms with van der Waals surface area (Å²) in [5.74, 6) is -0.628. The summed E-state index contributed by atoms with van der Waals surface area (Å²) in [7, 11) is 6.29. The lowest BCUT2D eigenvalue weighted by Crippen LogP contribution is -2.58. The zero-order valence-electron chi connectivity index (χ0n) is 21.3. The van der Waals surface area contributed by atoms with Gasteiger partial charge in [0.15, 0.2) is 11.2 Å². The topological polar surface area (TPSA) is 117 Å². The third-order valence-electron chi connectivity index (χ3n) is 8.03. The number of ether oxygens (including phenoxy) is 3. The molecule has 0 saturated heterocycles. The molecule has 1 aromatic carbocycles. The molecule has 1 saturated carbocycles. The maximum absolute atomic E-state index is 12.8. The van der Waals surface area contributed by atoms with Gasteiger partial charge in [-0.3, -0.25) is 0 Å². The smallest absolute Gasteiger partial charge is 0.226 e.